The van der Waals surface area contributed by atoms with E-state index in [1.54, 1.807) is 10.9 Å². The number of aryl methyl sites for hydroxylation is 2. The van der Waals surface area contributed by atoms with Gasteiger partial charge in [0.2, 0.25) is 4.77 Å². The molecular weight excluding hydrogens is 358 g/mol. The summed E-state index contributed by atoms with van der Waals surface area (Å²) in [7, 11) is 0. The van der Waals surface area contributed by atoms with Crippen LogP contribution in [0.3, 0.4) is 0 Å². The molecule has 6 nitrogen and oxygen atoms in total. The van der Waals surface area contributed by atoms with Crippen LogP contribution in [0.1, 0.15) is 22.5 Å². The van der Waals surface area contributed by atoms with Gasteiger partial charge in [0.25, 0.3) is 0 Å². The van der Waals surface area contributed by atoms with E-state index in [1.165, 1.54) is 5.56 Å². The second-order valence-corrected chi connectivity index (χ2v) is 6.74. The molecule has 0 spiro atoms. The first kappa shape index (κ1) is 17.2. The van der Waals surface area contributed by atoms with Crippen molar-refractivity contribution in [2.24, 2.45) is 5.10 Å². The van der Waals surface area contributed by atoms with Gasteiger partial charge in [-0.05, 0) is 43.8 Å². The Labute approximate surface area is 161 Å². The number of rotatable bonds is 5. The van der Waals surface area contributed by atoms with E-state index in [9.17, 15) is 0 Å². The number of hydrogen-bond donors (Lipinski definition) is 2. The van der Waals surface area contributed by atoms with Gasteiger partial charge in [0.1, 0.15) is 12.4 Å². The lowest BCUT2D eigenvalue weighted by molar-refractivity contribution is 0.288. The number of H-pyrrole nitrogens is 2. The molecule has 7 heteroatoms. The van der Waals surface area contributed by atoms with Crippen LogP contribution in [0.4, 0.5) is 0 Å². The molecule has 0 aliphatic heterocycles. The molecule has 2 heterocycles. The van der Waals surface area contributed by atoms with Crippen molar-refractivity contribution in [1.82, 2.24) is 19.9 Å². The van der Waals surface area contributed by atoms with Crippen molar-refractivity contribution in [2.75, 3.05) is 0 Å². The third-order valence-corrected chi connectivity index (χ3v) is 4.60. The van der Waals surface area contributed by atoms with E-state index in [2.05, 4.69) is 33.3 Å². The van der Waals surface area contributed by atoms with E-state index >= 15 is 0 Å². The first-order valence-corrected chi connectivity index (χ1v) is 8.99. The highest BCUT2D eigenvalue weighted by molar-refractivity contribution is 7.71. The zero-order valence-corrected chi connectivity index (χ0v) is 15.9. The zero-order chi connectivity index (χ0) is 18.8. The highest BCUT2D eigenvalue weighted by atomic mass is 32.1. The molecule has 2 aromatic carbocycles. The topological polar surface area (TPSA) is 71.0 Å². The fourth-order valence-electron chi connectivity index (χ4n) is 2.96. The van der Waals surface area contributed by atoms with E-state index in [0.29, 0.717) is 10.6 Å². The van der Waals surface area contributed by atoms with Crippen LogP contribution in [0.5, 0.6) is 5.75 Å². The molecule has 0 saturated carbocycles. The van der Waals surface area contributed by atoms with Gasteiger partial charge in [-0.2, -0.15) is 14.9 Å². The normalized spacial score (nSPS) is 11.5. The van der Waals surface area contributed by atoms with Gasteiger partial charge in [0.05, 0.1) is 6.21 Å². The smallest absolute Gasteiger partial charge is 0.216 e. The van der Waals surface area contributed by atoms with Gasteiger partial charge in [-0.3, -0.25) is 0 Å². The summed E-state index contributed by atoms with van der Waals surface area (Å²) in [5.41, 5.74) is 4.33. The minimum absolute atomic E-state index is 0.266. The van der Waals surface area contributed by atoms with Crippen molar-refractivity contribution < 1.29 is 4.74 Å². The van der Waals surface area contributed by atoms with Crippen molar-refractivity contribution >= 4 is 29.3 Å². The number of ether oxygens (including phenoxy) is 1. The van der Waals surface area contributed by atoms with Crippen LogP contribution in [0.25, 0.3) is 10.9 Å². The number of para-hydroxylation sites is 1. The Hall–Kier alpha value is -3.19. The van der Waals surface area contributed by atoms with E-state index in [1.807, 2.05) is 49.5 Å². The Morgan fingerprint density at radius 3 is 2.93 bits per heavy atom. The maximum absolute atomic E-state index is 5.91. The van der Waals surface area contributed by atoms with Gasteiger partial charge >= 0.3 is 0 Å². The average molecular weight is 377 g/mol. The van der Waals surface area contributed by atoms with Crippen molar-refractivity contribution in [3.63, 3.8) is 0 Å². The minimum Gasteiger partial charge on any atom is -0.485 e. The lowest BCUT2D eigenvalue weighted by Gasteiger charge is -2.09. The third kappa shape index (κ3) is 3.54. The summed E-state index contributed by atoms with van der Waals surface area (Å²) in [4.78, 5) is 3.23. The van der Waals surface area contributed by atoms with Crippen LogP contribution in [0, 0.1) is 18.6 Å². The fourth-order valence-corrected chi connectivity index (χ4v) is 3.16. The first-order valence-electron chi connectivity index (χ1n) is 8.58. The van der Waals surface area contributed by atoms with Crippen LogP contribution in [0.2, 0.25) is 0 Å². The SMILES string of the molecule is Cc1ccc(OCc2n[nH]c(=S)n2/N=C/c2c[nH]c3ccccc23)c(C)c1. The second-order valence-electron chi connectivity index (χ2n) is 6.35. The molecule has 0 bridgehead atoms. The largest absolute Gasteiger partial charge is 0.485 e. The monoisotopic (exact) mass is 377 g/mol. The number of nitrogens with zero attached hydrogens (tertiary/aromatic N) is 3. The number of aromatic nitrogens is 4. The van der Waals surface area contributed by atoms with Crippen LogP contribution >= 0.6 is 12.2 Å². The highest BCUT2D eigenvalue weighted by Crippen LogP contribution is 2.20. The minimum atomic E-state index is 0.266. The molecule has 0 amide bonds. The number of hydrogen-bond acceptors (Lipinski definition) is 4. The quantitative estimate of drug-likeness (QED) is 0.397. The number of aromatic amines is 2. The Morgan fingerprint density at radius 2 is 2.07 bits per heavy atom. The fraction of sp³-hybridized carbons (Fsp3) is 0.150. The van der Waals surface area contributed by atoms with E-state index in [-0.39, 0.29) is 6.61 Å². The molecule has 4 rings (SSSR count). The summed E-state index contributed by atoms with van der Waals surface area (Å²) in [6.07, 6.45) is 3.69. The molecule has 27 heavy (non-hydrogen) atoms. The van der Waals surface area contributed by atoms with Gasteiger partial charge in [-0.15, -0.1) is 0 Å². The third-order valence-electron chi connectivity index (χ3n) is 4.34. The molecule has 2 N–H and O–H groups in total. The van der Waals surface area contributed by atoms with Crippen molar-refractivity contribution in [2.45, 2.75) is 20.5 Å². The van der Waals surface area contributed by atoms with Crippen LogP contribution in [-0.2, 0) is 6.61 Å². The summed E-state index contributed by atoms with van der Waals surface area (Å²) < 4.78 is 7.91. The Balaban J connectivity index is 1.57. The van der Waals surface area contributed by atoms with Gasteiger partial charge in [-0.1, -0.05) is 35.9 Å². The molecule has 4 aromatic rings. The van der Waals surface area contributed by atoms with E-state index in [0.717, 1.165) is 27.8 Å². The standard InChI is InChI=1S/C20H19N5OS/c1-13-7-8-18(14(2)9-13)26-12-19-23-24-20(27)25(19)22-11-15-10-21-17-6-4-3-5-16(15)17/h3-11,21H,12H2,1-2H3,(H,24,27)/b22-11+. The molecule has 0 unspecified atom stereocenters. The molecule has 0 fully saturated rings. The summed E-state index contributed by atoms with van der Waals surface area (Å²) in [5, 5.41) is 12.6. The highest BCUT2D eigenvalue weighted by Gasteiger charge is 2.08. The van der Waals surface area contributed by atoms with Crippen LogP contribution in [-0.4, -0.2) is 26.1 Å². The Morgan fingerprint density at radius 1 is 1.22 bits per heavy atom. The first-order chi connectivity index (χ1) is 13.1. The van der Waals surface area contributed by atoms with E-state index < -0.39 is 0 Å². The number of fused-ring (bicyclic) bond motifs is 1. The molecule has 2 aromatic heterocycles. The molecule has 0 aliphatic rings. The molecule has 0 radical (unpaired) electrons. The van der Waals surface area contributed by atoms with Crippen LogP contribution < -0.4 is 4.74 Å². The number of benzene rings is 2. The maximum Gasteiger partial charge on any atom is 0.216 e. The summed E-state index contributed by atoms with van der Waals surface area (Å²) in [5.74, 6) is 1.43. The van der Waals surface area contributed by atoms with Gasteiger partial charge in [0.15, 0.2) is 5.82 Å². The van der Waals surface area contributed by atoms with E-state index in [4.69, 9.17) is 17.0 Å². The predicted octanol–water partition coefficient (Wildman–Crippen LogP) is 4.50. The Kier molecular flexibility index (Phi) is 4.60. The molecule has 0 atom stereocenters. The Bertz CT molecular complexity index is 1180. The van der Waals surface area contributed by atoms with Crippen LogP contribution in [0.15, 0.2) is 53.8 Å². The predicted molar refractivity (Wildman–Crippen MR) is 109 cm³/mol. The average Bonchev–Trinajstić information content (AvgIpc) is 3.23. The van der Waals surface area contributed by atoms with Gasteiger partial charge < -0.3 is 9.72 Å². The van der Waals surface area contributed by atoms with Crippen molar-refractivity contribution in [3.05, 3.63) is 75.9 Å². The maximum atomic E-state index is 5.91. The zero-order valence-electron chi connectivity index (χ0n) is 15.1. The molecule has 136 valence electrons. The summed E-state index contributed by atoms with van der Waals surface area (Å²) >= 11 is 5.31. The summed E-state index contributed by atoms with van der Waals surface area (Å²) in [6, 6.07) is 14.1. The van der Waals surface area contributed by atoms with Crippen molar-refractivity contribution in [3.8, 4) is 5.75 Å². The molecule has 0 saturated heterocycles. The lowest BCUT2D eigenvalue weighted by atomic mass is 10.1. The lowest BCUT2D eigenvalue weighted by Crippen LogP contribution is -2.05. The number of nitrogens with one attached hydrogen (secondary N) is 2. The van der Waals surface area contributed by atoms with Gasteiger partial charge in [0, 0.05) is 22.7 Å². The molecular formula is C20H19N5OS. The summed E-state index contributed by atoms with van der Waals surface area (Å²) in [6.45, 7) is 4.35. The van der Waals surface area contributed by atoms with Crippen molar-refractivity contribution in [1.29, 1.82) is 0 Å². The second kappa shape index (κ2) is 7.20. The molecule has 0 aliphatic carbocycles. The van der Waals surface area contributed by atoms with Gasteiger partial charge in [-0.25, -0.2) is 5.10 Å².